The van der Waals surface area contributed by atoms with Crippen LogP contribution in [0.4, 0.5) is 4.79 Å². The van der Waals surface area contributed by atoms with Crippen LogP contribution in [0.2, 0.25) is 0 Å². The number of hydrogen-bond acceptors (Lipinski definition) is 5. The van der Waals surface area contributed by atoms with Crippen molar-refractivity contribution in [2.24, 2.45) is 0 Å². The molecule has 0 radical (unpaired) electrons. The molecule has 1 aromatic rings. The average Bonchev–Trinajstić information content (AvgIpc) is 2.99. The molecule has 1 saturated carbocycles. The predicted octanol–water partition coefficient (Wildman–Crippen LogP) is 2.67. The number of carbonyl (C=O) groups excluding carboxylic acids is 2. The molecule has 0 spiro atoms. The van der Waals surface area contributed by atoms with Crippen molar-refractivity contribution in [3.8, 4) is 5.75 Å². The van der Waals surface area contributed by atoms with Crippen LogP contribution in [0.25, 0.3) is 0 Å². The molecule has 1 heterocycles. The van der Waals surface area contributed by atoms with Gasteiger partial charge in [0.15, 0.2) is 0 Å². The van der Waals surface area contributed by atoms with Crippen LogP contribution in [0.5, 0.6) is 5.75 Å². The fraction of sp³-hybridized carbons (Fsp3) is 0.400. The molecule has 1 fully saturated rings. The van der Waals surface area contributed by atoms with Gasteiger partial charge in [-0.15, -0.1) is 0 Å². The van der Waals surface area contributed by atoms with Crippen molar-refractivity contribution in [1.29, 1.82) is 0 Å². The van der Waals surface area contributed by atoms with Crippen LogP contribution in [-0.4, -0.2) is 29.9 Å². The topological polar surface area (TPSA) is 84.9 Å². The molecule has 3 aliphatic rings. The van der Waals surface area contributed by atoms with Gasteiger partial charge in [-0.05, 0) is 30.4 Å². The number of alkyl carbamates (subject to hydrolysis) is 1. The van der Waals surface area contributed by atoms with Crippen molar-refractivity contribution in [3.05, 3.63) is 52.6 Å². The summed E-state index contributed by atoms with van der Waals surface area (Å²) in [4.78, 5) is 25.5. The average molecular weight is 355 g/mol. The maximum Gasteiger partial charge on any atom is 0.408 e. The lowest BCUT2D eigenvalue weighted by molar-refractivity contribution is -0.152. The number of methoxy groups -OCH3 is 1. The van der Waals surface area contributed by atoms with Crippen LogP contribution in [0.3, 0.4) is 0 Å². The Morgan fingerprint density at radius 3 is 2.73 bits per heavy atom. The number of ether oxygens (including phenoxy) is 2. The highest BCUT2D eigenvalue weighted by Gasteiger charge is 2.73. The monoisotopic (exact) mass is 355 g/mol. The first kappa shape index (κ1) is 16.8. The maximum atomic E-state index is 13.4. The minimum Gasteiger partial charge on any atom is -0.454 e. The van der Waals surface area contributed by atoms with Crippen molar-refractivity contribution in [3.63, 3.8) is 0 Å². The van der Waals surface area contributed by atoms with Gasteiger partial charge in [0.2, 0.25) is 11.3 Å². The minimum absolute atomic E-state index is 0.253. The maximum absolute atomic E-state index is 13.4. The first-order valence-corrected chi connectivity index (χ1v) is 8.73. The molecule has 26 heavy (non-hydrogen) atoms. The normalized spacial score (nSPS) is 28.6. The first-order chi connectivity index (χ1) is 12.3. The molecule has 6 nitrogen and oxygen atoms in total. The Morgan fingerprint density at radius 2 is 2.04 bits per heavy atom. The number of amides is 1. The summed E-state index contributed by atoms with van der Waals surface area (Å²) in [6, 6.07) is 5.45. The zero-order valence-corrected chi connectivity index (χ0v) is 15.0. The minimum atomic E-state index is -1.98. The summed E-state index contributed by atoms with van der Waals surface area (Å²) in [6.07, 6.45) is 4.19. The van der Waals surface area contributed by atoms with Crippen LogP contribution in [-0.2, 0) is 15.1 Å². The third kappa shape index (κ3) is 1.90. The summed E-state index contributed by atoms with van der Waals surface area (Å²) >= 11 is 0. The number of rotatable bonds is 2. The van der Waals surface area contributed by atoms with Gasteiger partial charge < -0.3 is 14.6 Å². The quantitative estimate of drug-likeness (QED) is 0.852. The van der Waals surface area contributed by atoms with E-state index in [1.165, 1.54) is 7.11 Å². The second-order valence-electron chi connectivity index (χ2n) is 7.17. The second-order valence-corrected chi connectivity index (χ2v) is 7.17. The summed E-state index contributed by atoms with van der Waals surface area (Å²) in [5, 5.41) is 14.1. The van der Waals surface area contributed by atoms with E-state index in [4.69, 9.17) is 9.47 Å². The fourth-order valence-electron chi connectivity index (χ4n) is 4.07. The molecule has 0 bridgehead atoms. The fourth-order valence-corrected chi connectivity index (χ4v) is 4.07. The smallest absolute Gasteiger partial charge is 0.408 e. The lowest BCUT2D eigenvalue weighted by atomic mass is 9.83. The molecular weight excluding hydrogens is 334 g/mol. The Hall–Kier alpha value is -2.60. The molecule has 136 valence electrons. The van der Waals surface area contributed by atoms with Gasteiger partial charge >= 0.3 is 6.09 Å². The lowest BCUT2D eigenvalue weighted by Crippen LogP contribution is -2.61. The SMILES string of the molecule is COC(=O)NC12C(=O)C3=CCCC=C3C1(O)Oc1cc(C(C)C)ccc12. The summed E-state index contributed by atoms with van der Waals surface area (Å²) in [7, 11) is 1.22. The summed E-state index contributed by atoms with van der Waals surface area (Å²) in [6.45, 7) is 4.09. The molecule has 0 saturated heterocycles. The van der Waals surface area contributed by atoms with Crippen LogP contribution in [0.1, 0.15) is 43.7 Å². The number of allylic oxidation sites excluding steroid dienone is 2. The van der Waals surface area contributed by atoms with Crippen LogP contribution in [0.15, 0.2) is 41.5 Å². The molecule has 1 aromatic carbocycles. The van der Waals surface area contributed by atoms with Crippen molar-refractivity contribution >= 4 is 11.9 Å². The Labute approximate surface area is 151 Å². The lowest BCUT2D eigenvalue weighted by Gasteiger charge is -2.33. The standard InChI is InChI=1S/C20H21NO5/c1-11(2)12-8-9-15-16(10-12)26-20(24)14-7-5-4-6-13(14)17(22)19(15,20)21-18(23)25-3/h6-11,24H,4-5H2,1-3H3,(H,21,23). The molecular formula is C20H21NO5. The number of aliphatic hydroxyl groups is 1. The molecule has 2 atom stereocenters. The van der Waals surface area contributed by atoms with Crippen molar-refractivity contribution in [1.82, 2.24) is 5.32 Å². The Morgan fingerprint density at radius 1 is 1.31 bits per heavy atom. The van der Waals surface area contributed by atoms with Crippen LogP contribution < -0.4 is 10.1 Å². The number of Topliss-reactive ketones (excluding diaryl/α,β-unsaturated/α-hetero) is 1. The van der Waals surface area contributed by atoms with E-state index in [2.05, 4.69) is 5.32 Å². The Balaban J connectivity index is 1.97. The number of fused-ring (bicyclic) bond motifs is 5. The van der Waals surface area contributed by atoms with E-state index in [1.54, 1.807) is 12.1 Å². The molecule has 2 aliphatic carbocycles. The van der Waals surface area contributed by atoms with Gasteiger partial charge in [-0.25, -0.2) is 4.79 Å². The molecule has 2 unspecified atom stereocenters. The van der Waals surface area contributed by atoms with Crippen molar-refractivity contribution in [2.45, 2.75) is 43.9 Å². The van der Waals surface area contributed by atoms with E-state index in [-0.39, 0.29) is 11.7 Å². The van der Waals surface area contributed by atoms with Crippen LogP contribution in [0, 0.1) is 0 Å². The molecule has 1 amide bonds. The van der Waals surface area contributed by atoms with Gasteiger partial charge in [-0.1, -0.05) is 38.1 Å². The van der Waals surface area contributed by atoms with E-state index in [0.29, 0.717) is 35.3 Å². The first-order valence-electron chi connectivity index (χ1n) is 8.73. The van der Waals surface area contributed by atoms with Gasteiger partial charge in [-0.3, -0.25) is 10.1 Å². The van der Waals surface area contributed by atoms with Crippen LogP contribution >= 0.6 is 0 Å². The number of ketones is 1. The van der Waals surface area contributed by atoms with E-state index < -0.39 is 17.4 Å². The Bertz CT molecular complexity index is 884. The highest BCUT2D eigenvalue weighted by atomic mass is 16.6. The molecule has 4 rings (SSSR count). The second kappa shape index (κ2) is 5.45. The predicted molar refractivity (Wildman–Crippen MR) is 93.7 cm³/mol. The van der Waals surface area contributed by atoms with Crippen molar-refractivity contribution in [2.75, 3.05) is 7.11 Å². The molecule has 2 N–H and O–H groups in total. The number of nitrogens with one attached hydrogen (secondary N) is 1. The van der Waals surface area contributed by atoms with Gasteiger partial charge in [0.1, 0.15) is 5.75 Å². The van der Waals surface area contributed by atoms with E-state index in [0.717, 1.165) is 5.56 Å². The van der Waals surface area contributed by atoms with E-state index in [9.17, 15) is 14.7 Å². The van der Waals surface area contributed by atoms with E-state index >= 15 is 0 Å². The van der Waals surface area contributed by atoms with Gasteiger partial charge in [0.05, 0.1) is 7.11 Å². The molecule has 1 aliphatic heterocycles. The largest absolute Gasteiger partial charge is 0.454 e. The molecule has 0 aromatic heterocycles. The zero-order valence-electron chi connectivity index (χ0n) is 15.0. The summed E-state index contributed by atoms with van der Waals surface area (Å²) in [5.41, 5.74) is 0.519. The van der Waals surface area contributed by atoms with Crippen molar-refractivity contribution < 1.29 is 24.2 Å². The number of benzene rings is 1. The van der Waals surface area contributed by atoms with Gasteiger partial charge in [-0.2, -0.15) is 0 Å². The zero-order chi connectivity index (χ0) is 18.7. The van der Waals surface area contributed by atoms with Gasteiger partial charge in [0.25, 0.3) is 5.79 Å². The Kier molecular flexibility index (Phi) is 3.53. The summed E-state index contributed by atoms with van der Waals surface area (Å²) < 4.78 is 10.7. The third-order valence-corrected chi connectivity index (χ3v) is 5.42. The number of carbonyl (C=O) groups is 2. The summed E-state index contributed by atoms with van der Waals surface area (Å²) in [5.74, 6) is -1.72. The highest BCUT2D eigenvalue weighted by Crippen LogP contribution is 2.58. The van der Waals surface area contributed by atoms with E-state index in [1.807, 2.05) is 32.1 Å². The third-order valence-electron chi connectivity index (χ3n) is 5.42. The highest BCUT2D eigenvalue weighted by molar-refractivity contribution is 6.14. The van der Waals surface area contributed by atoms with Gasteiger partial charge in [0, 0.05) is 16.7 Å². The number of hydrogen-bond donors (Lipinski definition) is 2. The molecule has 6 heteroatoms.